The Balaban J connectivity index is 1.92. The van der Waals surface area contributed by atoms with Gasteiger partial charge in [0.05, 0.1) is 29.1 Å². The third kappa shape index (κ3) is 2.69. The van der Waals surface area contributed by atoms with Crippen LogP contribution in [0.2, 0.25) is 0 Å². The summed E-state index contributed by atoms with van der Waals surface area (Å²) in [5.41, 5.74) is 3.28. The summed E-state index contributed by atoms with van der Waals surface area (Å²) in [5.74, 6) is 1.08. The number of aryl methyl sites for hydroxylation is 2. The summed E-state index contributed by atoms with van der Waals surface area (Å²) in [5, 5.41) is 3.50. The molecule has 0 saturated heterocycles. The second-order valence-electron chi connectivity index (χ2n) is 5.35. The Hall–Kier alpha value is -2.14. The van der Waals surface area contributed by atoms with Gasteiger partial charge in [-0.25, -0.2) is 9.97 Å². The van der Waals surface area contributed by atoms with Crippen molar-refractivity contribution in [3.05, 3.63) is 48.3 Å². The molecule has 21 heavy (non-hydrogen) atoms. The third-order valence-corrected chi connectivity index (χ3v) is 3.80. The van der Waals surface area contributed by atoms with Crippen molar-refractivity contribution in [3.63, 3.8) is 0 Å². The predicted octanol–water partition coefficient (Wildman–Crippen LogP) is 2.20. The molecule has 3 rings (SSSR count). The number of aromatic nitrogens is 4. The maximum Gasteiger partial charge on any atom is 0.111 e. The van der Waals surface area contributed by atoms with Crippen molar-refractivity contribution < 1.29 is 0 Å². The van der Waals surface area contributed by atoms with Crippen molar-refractivity contribution >= 4 is 11.0 Å². The number of rotatable bonds is 5. The molecule has 2 aromatic heterocycles. The van der Waals surface area contributed by atoms with Crippen LogP contribution in [-0.2, 0) is 20.5 Å². The van der Waals surface area contributed by atoms with E-state index >= 15 is 0 Å². The number of nitrogens with zero attached hydrogens (tertiary/aromatic N) is 4. The van der Waals surface area contributed by atoms with Crippen molar-refractivity contribution in [2.24, 2.45) is 14.1 Å². The summed E-state index contributed by atoms with van der Waals surface area (Å²) in [6.07, 6.45) is 4.74. The van der Waals surface area contributed by atoms with Crippen LogP contribution in [0.25, 0.3) is 11.0 Å². The van der Waals surface area contributed by atoms with Crippen LogP contribution < -0.4 is 5.32 Å². The first kappa shape index (κ1) is 13.8. The lowest BCUT2D eigenvalue weighted by Crippen LogP contribution is -2.24. The van der Waals surface area contributed by atoms with Gasteiger partial charge >= 0.3 is 0 Å². The zero-order valence-electron chi connectivity index (χ0n) is 12.7. The Morgan fingerprint density at radius 3 is 2.71 bits per heavy atom. The second-order valence-corrected chi connectivity index (χ2v) is 5.35. The predicted molar refractivity (Wildman–Crippen MR) is 84.0 cm³/mol. The molecule has 0 aliphatic rings. The first-order valence-electron chi connectivity index (χ1n) is 7.30. The third-order valence-electron chi connectivity index (χ3n) is 3.80. The largest absolute Gasteiger partial charge is 0.340 e. The van der Waals surface area contributed by atoms with Gasteiger partial charge in [-0.3, -0.25) is 0 Å². The van der Waals surface area contributed by atoms with Gasteiger partial charge in [0.2, 0.25) is 0 Å². The normalized spacial score (nSPS) is 12.9. The van der Waals surface area contributed by atoms with E-state index < -0.39 is 0 Å². The Kier molecular flexibility index (Phi) is 3.75. The van der Waals surface area contributed by atoms with E-state index in [4.69, 9.17) is 4.98 Å². The summed E-state index contributed by atoms with van der Waals surface area (Å²) in [6, 6.07) is 8.43. The average Bonchev–Trinajstić information content (AvgIpc) is 3.04. The second kappa shape index (κ2) is 5.69. The Labute approximate surface area is 124 Å². The molecule has 110 valence electrons. The van der Waals surface area contributed by atoms with Crippen molar-refractivity contribution in [1.29, 1.82) is 0 Å². The van der Waals surface area contributed by atoms with E-state index in [1.54, 1.807) is 0 Å². The van der Waals surface area contributed by atoms with Crippen LogP contribution in [0.5, 0.6) is 0 Å². The lowest BCUT2D eigenvalue weighted by molar-refractivity contribution is 0.520. The fourth-order valence-electron chi connectivity index (χ4n) is 2.70. The molecule has 1 unspecified atom stereocenters. The van der Waals surface area contributed by atoms with Crippen LogP contribution in [0.1, 0.15) is 24.5 Å². The molecule has 0 bridgehead atoms. The van der Waals surface area contributed by atoms with Gasteiger partial charge in [0.15, 0.2) is 0 Å². The van der Waals surface area contributed by atoms with Gasteiger partial charge in [-0.1, -0.05) is 19.1 Å². The fraction of sp³-hybridized carbons (Fsp3) is 0.375. The van der Waals surface area contributed by atoms with Crippen molar-refractivity contribution in [1.82, 2.24) is 24.4 Å². The molecule has 0 radical (unpaired) electrons. The SMILES string of the molecule is CCNC(Cc1nc2ccccc2n1C)c1cn(C)cn1. The van der Waals surface area contributed by atoms with Gasteiger partial charge in [0, 0.05) is 26.7 Å². The number of para-hydroxylation sites is 2. The van der Waals surface area contributed by atoms with Crippen LogP contribution in [0.15, 0.2) is 36.8 Å². The Morgan fingerprint density at radius 2 is 2.05 bits per heavy atom. The highest BCUT2D eigenvalue weighted by Gasteiger charge is 2.17. The molecule has 5 nitrogen and oxygen atoms in total. The number of likely N-dealkylation sites (N-methyl/N-ethyl adjacent to an activating group) is 1. The molecular formula is C16H21N5. The van der Waals surface area contributed by atoms with Crippen LogP contribution >= 0.6 is 0 Å². The van der Waals surface area contributed by atoms with E-state index in [0.29, 0.717) is 0 Å². The van der Waals surface area contributed by atoms with Crippen LogP contribution in [0.4, 0.5) is 0 Å². The van der Waals surface area contributed by atoms with Crippen LogP contribution in [-0.4, -0.2) is 25.6 Å². The highest BCUT2D eigenvalue weighted by molar-refractivity contribution is 5.75. The van der Waals surface area contributed by atoms with E-state index in [-0.39, 0.29) is 6.04 Å². The monoisotopic (exact) mass is 283 g/mol. The quantitative estimate of drug-likeness (QED) is 0.781. The molecule has 0 aliphatic heterocycles. The minimum absolute atomic E-state index is 0.187. The lowest BCUT2D eigenvalue weighted by Gasteiger charge is -2.15. The standard InChI is InChI=1S/C16H21N5/c1-4-17-13(14-10-20(2)11-18-14)9-16-19-12-7-5-6-8-15(12)21(16)3/h5-8,10-11,13,17H,4,9H2,1-3H3. The van der Waals surface area contributed by atoms with Crippen molar-refractivity contribution in [2.45, 2.75) is 19.4 Å². The average molecular weight is 283 g/mol. The maximum atomic E-state index is 4.75. The highest BCUT2D eigenvalue weighted by Crippen LogP contribution is 2.20. The molecule has 1 atom stereocenters. The summed E-state index contributed by atoms with van der Waals surface area (Å²) < 4.78 is 4.15. The smallest absolute Gasteiger partial charge is 0.111 e. The van der Waals surface area contributed by atoms with Gasteiger partial charge in [-0.15, -0.1) is 0 Å². The summed E-state index contributed by atoms with van der Waals surface area (Å²) in [7, 11) is 4.07. The molecule has 0 fully saturated rings. The molecule has 0 aliphatic carbocycles. The number of hydrogen-bond donors (Lipinski definition) is 1. The molecule has 3 aromatic rings. The van der Waals surface area contributed by atoms with Gasteiger partial charge in [0.1, 0.15) is 5.82 Å². The fourth-order valence-corrected chi connectivity index (χ4v) is 2.70. The number of fused-ring (bicyclic) bond motifs is 1. The molecule has 2 heterocycles. The molecule has 1 aromatic carbocycles. The first-order chi connectivity index (χ1) is 10.2. The Bertz CT molecular complexity index is 740. The van der Waals surface area contributed by atoms with Gasteiger partial charge in [-0.2, -0.15) is 0 Å². The number of imidazole rings is 2. The van der Waals surface area contributed by atoms with Crippen LogP contribution in [0, 0.1) is 0 Å². The number of hydrogen-bond acceptors (Lipinski definition) is 3. The van der Waals surface area contributed by atoms with E-state index in [0.717, 1.165) is 30.0 Å². The van der Waals surface area contributed by atoms with E-state index in [9.17, 15) is 0 Å². The van der Waals surface area contributed by atoms with Crippen molar-refractivity contribution in [2.75, 3.05) is 6.54 Å². The molecule has 0 saturated carbocycles. The van der Waals surface area contributed by atoms with E-state index in [1.165, 1.54) is 5.52 Å². The number of benzene rings is 1. The molecule has 0 amide bonds. The highest BCUT2D eigenvalue weighted by atomic mass is 15.1. The molecule has 0 spiro atoms. The minimum Gasteiger partial charge on any atom is -0.340 e. The maximum absolute atomic E-state index is 4.75. The molecule has 1 N–H and O–H groups in total. The summed E-state index contributed by atoms with van der Waals surface area (Å²) in [6.45, 7) is 3.02. The topological polar surface area (TPSA) is 47.7 Å². The van der Waals surface area contributed by atoms with Gasteiger partial charge in [-0.05, 0) is 18.7 Å². The number of nitrogens with one attached hydrogen (secondary N) is 1. The van der Waals surface area contributed by atoms with Gasteiger partial charge in [0.25, 0.3) is 0 Å². The first-order valence-corrected chi connectivity index (χ1v) is 7.30. The summed E-state index contributed by atoms with van der Waals surface area (Å²) >= 11 is 0. The zero-order chi connectivity index (χ0) is 14.8. The van der Waals surface area contributed by atoms with Gasteiger partial charge < -0.3 is 14.5 Å². The minimum atomic E-state index is 0.187. The molecule has 5 heteroatoms. The van der Waals surface area contributed by atoms with Crippen molar-refractivity contribution in [3.8, 4) is 0 Å². The summed E-state index contributed by atoms with van der Waals surface area (Å²) in [4.78, 5) is 9.23. The van der Waals surface area contributed by atoms with Crippen LogP contribution in [0.3, 0.4) is 0 Å². The molecular weight excluding hydrogens is 262 g/mol. The lowest BCUT2D eigenvalue weighted by atomic mass is 10.1. The Morgan fingerprint density at radius 1 is 1.24 bits per heavy atom. The van der Waals surface area contributed by atoms with E-state index in [2.05, 4.69) is 47.2 Å². The zero-order valence-corrected chi connectivity index (χ0v) is 12.7. The van der Waals surface area contributed by atoms with E-state index in [1.807, 2.05) is 30.1 Å².